The number of anilines is 1. The molecule has 0 spiro atoms. The number of likely N-dealkylation sites (N-methyl/N-ethyl adjacent to an activating group) is 1. The Labute approximate surface area is 89.8 Å². The molecule has 4 nitrogen and oxygen atoms in total. The lowest BCUT2D eigenvalue weighted by molar-refractivity contribution is 0.955. The zero-order valence-electron chi connectivity index (χ0n) is 7.25. The Morgan fingerprint density at radius 2 is 2.54 bits per heavy atom. The van der Waals surface area contributed by atoms with E-state index in [1.807, 2.05) is 34.5 Å². The number of aromatic nitrogens is 2. The van der Waals surface area contributed by atoms with Gasteiger partial charge in [-0.2, -0.15) is 0 Å². The van der Waals surface area contributed by atoms with Crippen LogP contribution in [-0.2, 0) is 0 Å². The highest BCUT2D eigenvalue weighted by atomic mass is 127. The topological polar surface area (TPSA) is 49.0 Å². The maximum atomic E-state index is 11.2. The van der Waals surface area contributed by atoms with E-state index in [1.165, 1.54) is 6.33 Å². The Bertz CT molecular complexity index is 361. The van der Waals surface area contributed by atoms with Crippen molar-refractivity contribution in [3.63, 3.8) is 0 Å². The largest absolute Gasteiger partial charge is 0.355 e. The summed E-state index contributed by atoms with van der Waals surface area (Å²) in [4.78, 5) is 19.6. The molecule has 0 aromatic carbocycles. The molecule has 1 aromatic heterocycles. The number of H-pyrrole nitrogens is 1. The van der Waals surface area contributed by atoms with Gasteiger partial charge in [-0.3, -0.25) is 4.79 Å². The van der Waals surface area contributed by atoms with E-state index in [4.69, 9.17) is 0 Å². The van der Waals surface area contributed by atoms with Crippen LogP contribution in [-0.4, -0.2) is 23.6 Å². The Hall–Kier alpha value is -0.850. The average Bonchev–Trinajstić information content (AvgIpc) is 2.10. The van der Waals surface area contributed by atoms with Crippen LogP contribution in [0.5, 0.6) is 0 Å². The van der Waals surface area contributed by atoms with E-state index in [9.17, 15) is 4.79 Å². The second-order valence-corrected chi connectivity index (χ2v) is 3.62. The van der Waals surface area contributed by atoms with Crippen molar-refractivity contribution in [2.24, 2.45) is 0 Å². The number of hydrogen-bond donors (Lipinski definition) is 1. The van der Waals surface area contributed by atoms with Gasteiger partial charge in [0.05, 0.1) is 6.33 Å². The number of rotatable bonds is 3. The number of aromatic amines is 1. The molecule has 0 radical (unpaired) electrons. The molecule has 13 heavy (non-hydrogen) atoms. The van der Waals surface area contributed by atoms with Gasteiger partial charge in [0.2, 0.25) is 0 Å². The van der Waals surface area contributed by atoms with E-state index in [0.29, 0.717) is 15.9 Å². The van der Waals surface area contributed by atoms with Crippen molar-refractivity contribution in [3.05, 3.63) is 32.9 Å². The van der Waals surface area contributed by atoms with Gasteiger partial charge in [-0.15, -0.1) is 6.58 Å². The van der Waals surface area contributed by atoms with E-state index < -0.39 is 0 Å². The lowest BCUT2D eigenvalue weighted by Gasteiger charge is -2.15. The van der Waals surface area contributed by atoms with Gasteiger partial charge in [-0.05, 0) is 22.6 Å². The molecule has 70 valence electrons. The summed E-state index contributed by atoms with van der Waals surface area (Å²) in [6.07, 6.45) is 3.17. The fourth-order valence-electron chi connectivity index (χ4n) is 0.920. The second-order valence-electron chi connectivity index (χ2n) is 2.54. The quantitative estimate of drug-likeness (QED) is 0.667. The molecule has 0 saturated heterocycles. The summed E-state index contributed by atoms with van der Waals surface area (Å²) in [5.74, 6) is 0.684. The summed E-state index contributed by atoms with van der Waals surface area (Å²) < 4.78 is 0.601. The van der Waals surface area contributed by atoms with Gasteiger partial charge in [0.15, 0.2) is 0 Å². The number of nitrogens with one attached hydrogen (secondary N) is 1. The Morgan fingerprint density at radius 1 is 1.85 bits per heavy atom. The molecule has 1 N–H and O–H groups in total. The first kappa shape index (κ1) is 10.2. The summed E-state index contributed by atoms with van der Waals surface area (Å²) >= 11 is 1.98. The van der Waals surface area contributed by atoms with E-state index in [-0.39, 0.29) is 5.56 Å². The van der Waals surface area contributed by atoms with Gasteiger partial charge in [-0.25, -0.2) is 4.98 Å². The zero-order valence-corrected chi connectivity index (χ0v) is 9.41. The Morgan fingerprint density at radius 3 is 3.15 bits per heavy atom. The van der Waals surface area contributed by atoms with Crippen molar-refractivity contribution in [2.75, 3.05) is 18.5 Å². The molecular formula is C8H10IN3O. The molecule has 1 rings (SSSR count). The molecule has 0 bridgehead atoms. The van der Waals surface area contributed by atoms with Crippen LogP contribution in [0.4, 0.5) is 5.82 Å². The number of halogens is 1. The Kier molecular flexibility index (Phi) is 3.47. The lowest BCUT2D eigenvalue weighted by atomic mass is 10.5. The number of nitrogens with zero attached hydrogens (tertiary/aromatic N) is 2. The molecular weight excluding hydrogens is 281 g/mol. The highest BCUT2D eigenvalue weighted by molar-refractivity contribution is 14.1. The summed E-state index contributed by atoms with van der Waals surface area (Å²) in [7, 11) is 1.87. The van der Waals surface area contributed by atoms with Gasteiger partial charge in [0.25, 0.3) is 5.56 Å². The Balaban J connectivity index is 3.07. The third-order valence-electron chi connectivity index (χ3n) is 1.54. The van der Waals surface area contributed by atoms with Crippen molar-refractivity contribution < 1.29 is 0 Å². The zero-order chi connectivity index (χ0) is 9.84. The van der Waals surface area contributed by atoms with Crippen LogP contribution in [0.2, 0.25) is 0 Å². The van der Waals surface area contributed by atoms with Gasteiger partial charge < -0.3 is 9.88 Å². The van der Waals surface area contributed by atoms with Crippen LogP contribution >= 0.6 is 22.6 Å². The first-order valence-electron chi connectivity index (χ1n) is 3.72. The van der Waals surface area contributed by atoms with Crippen LogP contribution in [0.25, 0.3) is 0 Å². The molecule has 0 aliphatic carbocycles. The number of hydrogen-bond acceptors (Lipinski definition) is 3. The van der Waals surface area contributed by atoms with Crippen LogP contribution in [0.3, 0.4) is 0 Å². The monoisotopic (exact) mass is 291 g/mol. The molecule has 5 heteroatoms. The summed E-state index contributed by atoms with van der Waals surface area (Å²) in [6.45, 7) is 4.29. The highest BCUT2D eigenvalue weighted by Gasteiger charge is 2.07. The summed E-state index contributed by atoms with van der Waals surface area (Å²) in [5.41, 5.74) is -0.110. The molecule has 0 unspecified atom stereocenters. The standard InChI is InChI=1S/C8H10IN3O/c1-3-4-12(2)7-6(9)8(13)11-5-10-7/h3,5H,1,4H2,2H3,(H,10,11,13). The second kappa shape index (κ2) is 4.40. The van der Waals surface area contributed by atoms with Crippen LogP contribution in [0.15, 0.2) is 23.8 Å². The van der Waals surface area contributed by atoms with Crippen molar-refractivity contribution >= 4 is 28.4 Å². The van der Waals surface area contributed by atoms with Crippen molar-refractivity contribution in [3.8, 4) is 0 Å². The SMILES string of the molecule is C=CCN(C)c1nc[nH]c(=O)c1I. The summed E-state index contributed by atoms with van der Waals surface area (Å²) in [5, 5.41) is 0. The van der Waals surface area contributed by atoms with Crippen LogP contribution in [0.1, 0.15) is 0 Å². The molecule has 1 aromatic rings. The molecule has 0 amide bonds. The maximum absolute atomic E-state index is 11.2. The van der Waals surface area contributed by atoms with Crippen LogP contribution in [0, 0.1) is 3.57 Å². The molecule has 1 heterocycles. The van der Waals surface area contributed by atoms with Gasteiger partial charge in [0.1, 0.15) is 9.39 Å². The molecule has 0 aliphatic rings. The predicted octanol–water partition coefficient (Wildman–Crippen LogP) is 0.997. The fraction of sp³-hybridized carbons (Fsp3) is 0.250. The van der Waals surface area contributed by atoms with Gasteiger partial charge in [-0.1, -0.05) is 6.08 Å². The summed E-state index contributed by atoms with van der Waals surface area (Å²) in [6, 6.07) is 0. The fourth-order valence-corrected chi connectivity index (χ4v) is 1.63. The third kappa shape index (κ3) is 2.30. The highest BCUT2D eigenvalue weighted by Crippen LogP contribution is 2.12. The minimum atomic E-state index is -0.110. The van der Waals surface area contributed by atoms with Crippen LogP contribution < -0.4 is 10.5 Å². The minimum absolute atomic E-state index is 0.110. The molecule has 0 aliphatic heterocycles. The smallest absolute Gasteiger partial charge is 0.266 e. The minimum Gasteiger partial charge on any atom is -0.355 e. The lowest BCUT2D eigenvalue weighted by Crippen LogP contribution is -2.23. The van der Waals surface area contributed by atoms with Gasteiger partial charge >= 0.3 is 0 Å². The van der Waals surface area contributed by atoms with E-state index >= 15 is 0 Å². The average molecular weight is 291 g/mol. The third-order valence-corrected chi connectivity index (χ3v) is 2.51. The van der Waals surface area contributed by atoms with Crippen molar-refractivity contribution in [1.82, 2.24) is 9.97 Å². The predicted molar refractivity (Wildman–Crippen MR) is 61.0 cm³/mol. The van der Waals surface area contributed by atoms with E-state index in [1.54, 1.807) is 6.08 Å². The van der Waals surface area contributed by atoms with Crippen molar-refractivity contribution in [1.29, 1.82) is 0 Å². The normalized spacial score (nSPS) is 9.69. The van der Waals surface area contributed by atoms with Gasteiger partial charge in [0, 0.05) is 13.6 Å². The van der Waals surface area contributed by atoms with E-state index in [0.717, 1.165) is 0 Å². The van der Waals surface area contributed by atoms with Crippen molar-refractivity contribution in [2.45, 2.75) is 0 Å². The molecule has 0 atom stereocenters. The van der Waals surface area contributed by atoms with E-state index in [2.05, 4.69) is 16.5 Å². The maximum Gasteiger partial charge on any atom is 0.266 e. The first-order chi connectivity index (χ1) is 6.16. The molecule has 0 fully saturated rings. The first-order valence-corrected chi connectivity index (χ1v) is 4.80. The molecule has 0 saturated carbocycles.